The fraction of sp³-hybridized carbons (Fsp3) is 0.150. The molecule has 116 valence electrons. The van der Waals surface area contributed by atoms with E-state index in [1.807, 2.05) is 30.5 Å². The Morgan fingerprint density at radius 2 is 1.65 bits per heavy atom. The zero-order chi connectivity index (χ0) is 16.2. The summed E-state index contributed by atoms with van der Waals surface area (Å²) in [5.74, 6) is -0.259. The molecule has 0 radical (unpaired) electrons. The molecule has 0 aliphatic heterocycles. The Morgan fingerprint density at radius 3 is 2.30 bits per heavy atom. The van der Waals surface area contributed by atoms with Crippen molar-refractivity contribution in [2.24, 2.45) is 0 Å². The molecule has 1 heterocycles. The summed E-state index contributed by atoms with van der Waals surface area (Å²) >= 11 is 1.59. The van der Waals surface area contributed by atoms with E-state index in [9.17, 15) is 4.79 Å². The van der Waals surface area contributed by atoms with Crippen LogP contribution in [0.5, 0.6) is 0 Å². The van der Waals surface area contributed by atoms with Gasteiger partial charge in [-0.3, -0.25) is 0 Å². The number of aryl methyl sites for hydroxylation is 1. The normalized spacial score (nSPS) is 10.5. The summed E-state index contributed by atoms with van der Waals surface area (Å²) in [5.41, 5.74) is 5.35. The Kier molecular flexibility index (Phi) is 4.58. The SMILES string of the molecule is COC(=O)c1csc(C)c1Cc1ccc(-c2ccccc2)cc1. The molecule has 23 heavy (non-hydrogen) atoms. The lowest BCUT2D eigenvalue weighted by molar-refractivity contribution is 0.0600. The average Bonchev–Trinajstić information content (AvgIpc) is 2.96. The second-order valence-electron chi connectivity index (χ2n) is 5.42. The number of methoxy groups -OCH3 is 1. The topological polar surface area (TPSA) is 26.3 Å². The Labute approximate surface area is 140 Å². The maximum atomic E-state index is 11.9. The Morgan fingerprint density at radius 1 is 1.00 bits per heavy atom. The zero-order valence-corrected chi connectivity index (χ0v) is 14.0. The van der Waals surface area contributed by atoms with Gasteiger partial charge in [0, 0.05) is 10.3 Å². The Hall–Kier alpha value is -2.39. The lowest BCUT2D eigenvalue weighted by Crippen LogP contribution is -2.04. The van der Waals surface area contributed by atoms with Crippen molar-refractivity contribution in [3.05, 3.63) is 81.5 Å². The van der Waals surface area contributed by atoms with Crippen molar-refractivity contribution >= 4 is 17.3 Å². The van der Waals surface area contributed by atoms with Crippen LogP contribution in [0.25, 0.3) is 11.1 Å². The van der Waals surface area contributed by atoms with Crippen LogP contribution in [0.2, 0.25) is 0 Å². The highest BCUT2D eigenvalue weighted by Gasteiger charge is 2.16. The fourth-order valence-electron chi connectivity index (χ4n) is 2.63. The van der Waals surface area contributed by atoms with Crippen LogP contribution in [0.4, 0.5) is 0 Å². The van der Waals surface area contributed by atoms with Crippen molar-refractivity contribution in [1.82, 2.24) is 0 Å². The Bertz CT molecular complexity index is 801. The second kappa shape index (κ2) is 6.80. The van der Waals surface area contributed by atoms with Gasteiger partial charge in [-0.2, -0.15) is 0 Å². The number of carbonyl (C=O) groups is 1. The van der Waals surface area contributed by atoms with Crippen molar-refractivity contribution in [3.63, 3.8) is 0 Å². The molecule has 0 unspecified atom stereocenters. The molecule has 0 aliphatic carbocycles. The number of benzene rings is 2. The number of thiophene rings is 1. The van der Waals surface area contributed by atoms with Gasteiger partial charge in [0.05, 0.1) is 12.7 Å². The minimum Gasteiger partial charge on any atom is -0.465 e. The third kappa shape index (κ3) is 3.35. The third-order valence-electron chi connectivity index (χ3n) is 3.95. The molecule has 0 spiro atoms. The molecule has 0 aliphatic rings. The van der Waals surface area contributed by atoms with E-state index in [0.29, 0.717) is 5.56 Å². The first-order chi connectivity index (χ1) is 11.2. The average molecular weight is 322 g/mol. The van der Waals surface area contributed by atoms with Gasteiger partial charge in [-0.1, -0.05) is 54.6 Å². The van der Waals surface area contributed by atoms with Gasteiger partial charge in [0.15, 0.2) is 0 Å². The van der Waals surface area contributed by atoms with Gasteiger partial charge >= 0.3 is 5.97 Å². The van der Waals surface area contributed by atoms with Crippen LogP contribution < -0.4 is 0 Å². The van der Waals surface area contributed by atoms with Crippen molar-refractivity contribution in [2.75, 3.05) is 7.11 Å². The van der Waals surface area contributed by atoms with Crippen LogP contribution in [0.1, 0.15) is 26.4 Å². The molecule has 0 fully saturated rings. The standard InChI is InChI=1S/C20H18O2S/c1-14-18(19(13-23-14)20(21)22-2)12-15-8-10-17(11-9-15)16-6-4-3-5-7-16/h3-11,13H,12H2,1-2H3. The van der Waals surface area contributed by atoms with Crippen molar-refractivity contribution in [1.29, 1.82) is 0 Å². The molecule has 0 saturated carbocycles. The van der Waals surface area contributed by atoms with E-state index in [0.717, 1.165) is 16.9 Å². The number of rotatable bonds is 4. The van der Waals surface area contributed by atoms with E-state index in [-0.39, 0.29) is 5.97 Å². The highest BCUT2D eigenvalue weighted by molar-refractivity contribution is 7.10. The van der Waals surface area contributed by atoms with Crippen LogP contribution in [-0.4, -0.2) is 13.1 Å². The summed E-state index contributed by atoms with van der Waals surface area (Å²) in [7, 11) is 1.42. The molecule has 0 amide bonds. The number of hydrogen-bond donors (Lipinski definition) is 0. The molecule has 3 aromatic rings. The fourth-order valence-corrected chi connectivity index (χ4v) is 3.49. The van der Waals surface area contributed by atoms with Gasteiger partial charge in [-0.05, 0) is 35.6 Å². The van der Waals surface area contributed by atoms with Crippen LogP contribution in [0.3, 0.4) is 0 Å². The van der Waals surface area contributed by atoms with E-state index in [1.165, 1.54) is 23.8 Å². The smallest absolute Gasteiger partial charge is 0.339 e. The molecule has 3 heteroatoms. The first-order valence-electron chi connectivity index (χ1n) is 7.48. The van der Waals surface area contributed by atoms with E-state index in [1.54, 1.807) is 11.3 Å². The van der Waals surface area contributed by atoms with Crippen LogP contribution in [0.15, 0.2) is 60.0 Å². The summed E-state index contributed by atoms with van der Waals surface area (Å²) in [6.07, 6.45) is 0.745. The highest BCUT2D eigenvalue weighted by Crippen LogP contribution is 2.26. The van der Waals surface area contributed by atoms with E-state index in [4.69, 9.17) is 4.74 Å². The molecule has 0 N–H and O–H groups in total. The van der Waals surface area contributed by atoms with Gasteiger partial charge in [0.25, 0.3) is 0 Å². The number of hydrogen-bond acceptors (Lipinski definition) is 3. The summed E-state index contributed by atoms with van der Waals surface area (Å²) in [4.78, 5) is 13.0. The molecule has 0 saturated heterocycles. The van der Waals surface area contributed by atoms with Crippen molar-refractivity contribution in [3.8, 4) is 11.1 Å². The maximum absolute atomic E-state index is 11.9. The van der Waals surface area contributed by atoms with Gasteiger partial charge in [0.1, 0.15) is 0 Å². The van der Waals surface area contributed by atoms with Crippen LogP contribution >= 0.6 is 11.3 Å². The third-order valence-corrected chi connectivity index (χ3v) is 4.90. The second-order valence-corrected chi connectivity index (χ2v) is 6.50. The number of carbonyl (C=O) groups excluding carboxylic acids is 1. The lowest BCUT2D eigenvalue weighted by Gasteiger charge is -2.07. The zero-order valence-electron chi connectivity index (χ0n) is 13.2. The molecular weight excluding hydrogens is 304 g/mol. The molecule has 3 rings (SSSR count). The van der Waals surface area contributed by atoms with E-state index < -0.39 is 0 Å². The van der Waals surface area contributed by atoms with Crippen molar-refractivity contribution in [2.45, 2.75) is 13.3 Å². The Balaban J connectivity index is 1.85. The van der Waals surface area contributed by atoms with E-state index in [2.05, 4.69) is 36.4 Å². The molecule has 2 aromatic carbocycles. The first-order valence-corrected chi connectivity index (χ1v) is 8.36. The van der Waals surface area contributed by atoms with Gasteiger partial charge < -0.3 is 4.74 Å². The largest absolute Gasteiger partial charge is 0.465 e. The minimum atomic E-state index is -0.259. The maximum Gasteiger partial charge on any atom is 0.339 e. The summed E-state index contributed by atoms with van der Waals surface area (Å²) in [6, 6.07) is 18.8. The molecule has 1 aromatic heterocycles. The molecule has 0 bridgehead atoms. The quantitative estimate of drug-likeness (QED) is 0.625. The highest BCUT2D eigenvalue weighted by atomic mass is 32.1. The van der Waals surface area contributed by atoms with E-state index >= 15 is 0 Å². The van der Waals surface area contributed by atoms with Gasteiger partial charge in [0.2, 0.25) is 0 Å². The van der Waals surface area contributed by atoms with Gasteiger partial charge in [-0.25, -0.2) is 4.79 Å². The summed E-state index contributed by atoms with van der Waals surface area (Å²) in [5, 5.41) is 1.88. The van der Waals surface area contributed by atoms with Crippen molar-refractivity contribution < 1.29 is 9.53 Å². The monoisotopic (exact) mass is 322 g/mol. The number of esters is 1. The predicted molar refractivity (Wildman–Crippen MR) is 95.1 cm³/mol. The number of ether oxygens (including phenoxy) is 1. The minimum absolute atomic E-state index is 0.259. The summed E-state index contributed by atoms with van der Waals surface area (Å²) in [6.45, 7) is 2.05. The molecule has 2 nitrogen and oxygen atoms in total. The first kappa shape index (κ1) is 15.5. The lowest BCUT2D eigenvalue weighted by atomic mass is 9.99. The predicted octanol–water partition coefficient (Wildman–Crippen LogP) is 5.10. The molecular formula is C20H18O2S. The molecule has 0 atom stereocenters. The van der Waals surface area contributed by atoms with Gasteiger partial charge in [-0.15, -0.1) is 11.3 Å². The van der Waals surface area contributed by atoms with Crippen LogP contribution in [-0.2, 0) is 11.2 Å². The van der Waals surface area contributed by atoms with Crippen LogP contribution in [0, 0.1) is 6.92 Å². The summed E-state index contributed by atoms with van der Waals surface area (Å²) < 4.78 is 4.87.